The van der Waals surface area contributed by atoms with E-state index in [1.165, 1.54) is 25.5 Å². The number of rotatable bonds is 5. The van der Waals surface area contributed by atoms with Crippen LogP contribution in [-0.4, -0.2) is 33.6 Å². The van der Waals surface area contributed by atoms with Crippen LogP contribution in [0.1, 0.15) is 29.6 Å². The second-order valence-electron chi connectivity index (χ2n) is 5.47. The smallest absolute Gasteiger partial charge is 0.337 e. The van der Waals surface area contributed by atoms with Gasteiger partial charge >= 0.3 is 5.97 Å². The van der Waals surface area contributed by atoms with E-state index >= 15 is 0 Å². The lowest BCUT2D eigenvalue weighted by molar-refractivity contribution is 0.0698. The van der Waals surface area contributed by atoms with Crippen LogP contribution in [0.15, 0.2) is 30.5 Å². The molecule has 1 aromatic heterocycles. The van der Waals surface area contributed by atoms with Gasteiger partial charge in [-0.25, -0.2) is 9.78 Å². The van der Waals surface area contributed by atoms with Crippen molar-refractivity contribution < 1.29 is 9.90 Å². The second kappa shape index (κ2) is 5.56. The number of hydrogen-bond donors (Lipinski definition) is 2. The number of carboxylic acid groups (broad SMARTS) is 1. The molecule has 1 aliphatic carbocycles. The second-order valence-corrected chi connectivity index (χ2v) is 6.74. The van der Waals surface area contributed by atoms with E-state index in [0.717, 1.165) is 23.1 Å². The molecule has 1 aliphatic rings. The van der Waals surface area contributed by atoms with Crippen LogP contribution >= 0.6 is 11.8 Å². The Morgan fingerprint density at radius 3 is 2.67 bits per heavy atom. The summed E-state index contributed by atoms with van der Waals surface area (Å²) in [6.45, 7) is 0.873. The van der Waals surface area contributed by atoms with Crippen LogP contribution in [-0.2, 0) is 0 Å². The maximum atomic E-state index is 11.3. The highest BCUT2D eigenvalue weighted by Crippen LogP contribution is 2.42. The summed E-state index contributed by atoms with van der Waals surface area (Å²) in [4.78, 5) is 15.6. The molecule has 0 bridgehead atoms. The largest absolute Gasteiger partial charge is 0.478 e. The molecule has 1 heterocycles. The molecule has 1 saturated carbocycles. The van der Waals surface area contributed by atoms with E-state index in [4.69, 9.17) is 0 Å². The SMILES string of the molecule is CSC1(CNc2ncc(C(=O)O)c3ccccc23)CCC1. The fourth-order valence-electron chi connectivity index (χ4n) is 2.77. The zero-order chi connectivity index (χ0) is 14.9. The highest BCUT2D eigenvalue weighted by Gasteiger charge is 2.36. The topological polar surface area (TPSA) is 62.2 Å². The molecule has 3 rings (SSSR count). The quantitative estimate of drug-likeness (QED) is 0.883. The number of nitrogens with one attached hydrogen (secondary N) is 1. The number of hydrogen-bond acceptors (Lipinski definition) is 4. The maximum absolute atomic E-state index is 11.3. The van der Waals surface area contributed by atoms with Crippen LogP contribution in [0.3, 0.4) is 0 Å². The van der Waals surface area contributed by atoms with Gasteiger partial charge in [0.15, 0.2) is 0 Å². The number of fused-ring (bicyclic) bond motifs is 1. The van der Waals surface area contributed by atoms with Crippen LogP contribution < -0.4 is 5.32 Å². The number of nitrogens with zero attached hydrogens (tertiary/aromatic N) is 1. The van der Waals surface area contributed by atoms with Crippen LogP contribution in [0.2, 0.25) is 0 Å². The lowest BCUT2D eigenvalue weighted by atomic mass is 9.84. The van der Waals surface area contributed by atoms with Crippen molar-refractivity contribution in [1.29, 1.82) is 0 Å². The minimum Gasteiger partial charge on any atom is -0.478 e. The van der Waals surface area contributed by atoms with E-state index in [2.05, 4.69) is 16.6 Å². The molecule has 0 atom stereocenters. The Bertz CT molecular complexity index is 678. The number of aromatic nitrogens is 1. The molecule has 4 nitrogen and oxygen atoms in total. The van der Waals surface area contributed by atoms with E-state index < -0.39 is 5.97 Å². The van der Waals surface area contributed by atoms with Crippen molar-refractivity contribution >= 4 is 34.3 Å². The van der Waals surface area contributed by atoms with Crippen molar-refractivity contribution in [2.45, 2.75) is 24.0 Å². The first-order valence-corrected chi connectivity index (χ1v) is 8.28. The van der Waals surface area contributed by atoms with Crippen molar-refractivity contribution in [3.05, 3.63) is 36.0 Å². The van der Waals surface area contributed by atoms with Crippen molar-refractivity contribution in [3.63, 3.8) is 0 Å². The van der Waals surface area contributed by atoms with E-state index in [9.17, 15) is 9.90 Å². The standard InChI is InChI=1S/C16H18N2O2S/c1-21-16(7-4-8-16)10-18-14-12-6-3-2-5-11(12)13(9-17-14)15(19)20/h2-3,5-6,9H,4,7-8,10H2,1H3,(H,17,18)(H,19,20). The molecule has 2 aromatic rings. The summed E-state index contributed by atoms with van der Waals surface area (Å²) in [5.41, 5.74) is 0.249. The number of thioether (sulfide) groups is 1. The summed E-state index contributed by atoms with van der Waals surface area (Å²) in [6.07, 6.45) is 7.34. The Hall–Kier alpha value is -1.75. The number of anilines is 1. The Labute approximate surface area is 128 Å². The molecule has 0 unspecified atom stereocenters. The number of pyridine rings is 1. The molecule has 1 fully saturated rings. The zero-order valence-corrected chi connectivity index (χ0v) is 12.7. The summed E-state index contributed by atoms with van der Waals surface area (Å²) < 4.78 is 0.314. The lowest BCUT2D eigenvalue weighted by Crippen LogP contribution is -2.40. The zero-order valence-electron chi connectivity index (χ0n) is 11.9. The number of carbonyl (C=O) groups is 1. The van der Waals surface area contributed by atoms with E-state index in [-0.39, 0.29) is 5.56 Å². The van der Waals surface area contributed by atoms with Gasteiger partial charge in [-0.2, -0.15) is 11.8 Å². The predicted octanol–water partition coefficient (Wildman–Crippen LogP) is 3.63. The number of carboxylic acids is 1. The van der Waals surface area contributed by atoms with E-state index in [0.29, 0.717) is 4.75 Å². The number of aromatic carboxylic acids is 1. The molecule has 0 amide bonds. The van der Waals surface area contributed by atoms with Crippen LogP contribution in [0.25, 0.3) is 10.8 Å². The van der Waals surface area contributed by atoms with E-state index in [1.807, 2.05) is 36.0 Å². The Balaban J connectivity index is 1.93. The fraction of sp³-hybridized carbons (Fsp3) is 0.375. The molecule has 5 heteroatoms. The van der Waals surface area contributed by atoms with E-state index in [1.54, 1.807) is 0 Å². The summed E-state index contributed by atoms with van der Waals surface area (Å²) in [7, 11) is 0. The van der Waals surface area contributed by atoms with Gasteiger partial charge in [-0.3, -0.25) is 0 Å². The molecular formula is C16H18N2O2S. The monoisotopic (exact) mass is 302 g/mol. The van der Waals surface area contributed by atoms with Crippen LogP contribution in [0.5, 0.6) is 0 Å². The van der Waals surface area contributed by atoms with Gasteiger partial charge in [0.2, 0.25) is 0 Å². The van der Waals surface area contributed by atoms with Crippen LogP contribution in [0, 0.1) is 0 Å². The minimum atomic E-state index is -0.940. The summed E-state index contributed by atoms with van der Waals surface area (Å²) in [5, 5.41) is 14.3. The molecule has 0 radical (unpaired) electrons. The number of benzene rings is 1. The Morgan fingerprint density at radius 2 is 2.10 bits per heavy atom. The van der Waals surface area contributed by atoms with Gasteiger partial charge in [-0.1, -0.05) is 30.7 Å². The first-order valence-electron chi connectivity index (χ1n) is 7.05. The molecule has 0 aliphatic heterocycles. The molecular weight excluding hydrogens is 284 g/mol. The molecule has 1 aromatic carbocycles. The normalized spacial score (nSPS) is 16.4. The Morgan fingerprint density at radius 1 is 1.38 bits per heavy atom. The third-order valence-corrected chi connectivity index (χ3v) is 5.72. The molecule has 2 N–H and O–H groups in total. The first-order chi connectivity index (χ1) is 10.2. The average Bonchev–Trinajstić information content (AvgIpc) is 2.46. The van der Waals surface area contributed by atoms with Crippen molar-refractivity contribution in [2.75, 3.05) is 18.1 Å². The van der Waals surface area contributed by atoms with Gasteiger partial charge in [0, 0.05) is 28.3 Å². The van der Waals surface area contributed by atoms with Crippen LogP contribution in [0.4, 0.5) is 5.82 Å². The molecule has 21 heavy (non-hydrogen) atoms. The average molecular weight is 302 g/mol. The summed E-state index contributed by atoms with van der Waals surface area (Å²) in [5.74, 6) is -0.166. The molecule has 110 valence electrons. The lowest BCUT2D eigenvalue weighted by Gasteiger charge is -2.40. The predicted molar refractivity (Wildman–Crippen MR) is 87.3 cm³/mol. The maximum Gasteiger partial charge on any atom is 0.337 e. The molecule has 0 saturated heterocycles. The third kappa shape index (κ3) is 2.58. The van der Waals surface area contributed by atoms with Gasteiger partial charge in [0.25, 0.3) is 0 Å². The van der Waals surface area contributed by atoms with Gasteiger partial charge in [-0.15, -0.1) is 0 Å². The first kappa shape index (κ1) is 14.2. The molecule has 0 spiro atoms. The van der Waals surface area contributed by atoms with Gasteiger partial charge in [0.1, 0.15) is 5.82 Å². The fourth-order valence-corrected chi connectivity index (χ4v) is 3.69. The minimum absolute atomic E-state index is 0.249. The Kier molecular flexibility index (Phi) is 3.76. The summed E-state index contributed by atoms with van der Waals surface area (Å²) in [6, 6.07) is 7.52. The highest BCUT2D eigenvalue weighted by atomic mass is 32.2. The van der Waals surface area contributed by atoms with Gasteiger partial charge in [0.05, 0.1) is 5.56 Å². The van der Waals surface area contributed by atoms with Crippen molar-refractivity contribution in [3.8, 4) is 0 Å². The van der Waals surface area contributed by atoms with Crippen molar-refractivity contribution in [2.24, 2.45) is 0 Å². The summed E-state index contributed by atoms with van der Waals surface area (Å²) >= 11 is 1.91. The highest BCUT2D eigenvalue weighted by molar-refractivity contribution is 8.00. The third-order valence-electron chi connectivity index (χ3n) is 4.30. The van der Waals surface area contributed by atoms with Gasteiger partial charge < -0.3 is 10.4 Å². The van der Waals surface area contributed by atoms with Gasteiger partial charge in [-0.05, 0) is 19.1 Å². The van der Waals surface area contributed by atoms with Crippen molar-refractivity contribution in [1.82, 2.24) is 4.98 Å².